The molecule has 3 aromatic rings. The molecule has 0 aliphatic heterocycles. The number of amides is 1. The van der Waals surface area contributed by atoms with E-state index in [1.54, 1.807) is 6.07 Å². The number of nitrogens with one attached hydrogen (secondary N) is 1. The van der Waals surface area contributed by atoms with Gasteiger partial charge in [-0.15, -0.1) is 0 Å². The molecule has 0 aliphatic carbocycles. The minimum Gasteiger partial charge on any atom is -0.483 e. The topological polar surface area (TPSA) is 68.5 Å². The Labute approximate surface area is 158 Å². The van der Waals surface area contributed by atoms with Gasteiger partial charge in [-0.1, -0.05) is 25.1 Å². The monoisotopic (exact) mass is 365 g/mol. The first-order chi connectivity index (χ1) is 12.9. The fourth-order valence-electron chi connectivity index (χ4n) is 3.19. The van der Waals surface area contributed by atoms with E-state index in [4.69, 9.17) is 9.15 Å². The maximum atomic E-state index is 12.4. The van der Waals surface area contributed by atoms with E-state index in [-0.39, 0.29) is 18.1 Å². The molecular weight excluding hydrogens is 342 g/mol. The van der Waals surface area contributed by atoms with Crippen LogP contribution in [0.2, 0.25) is 0 Å². The van der Waals surface area contributed by atoms with Crippen molar-refractivity contribution in [2.24, 2.45) is 0 Å². The summed E-state index contributed by atoms with van der Waals surface area (Å²) >= 11 is 0. The van der Waals surface area contributed by atoms with Gasteiger partial charge in [-0.2, -0.15) is 0 Å². The highest BCUT2D eigenvalue weighted by Crippen LogP contribution is 2.30. The van der Waals surface area contributed by atoms with Gasteiger partial charge in [-0.05, 0) is 61.6 Å². The zero-order chi connectivity index (χ0) is 19.6. The number of aryl methyl sites for hydroxylation is 4. The lowest BCUT2D eigenvalue weighted by molar-refractivity contribution is -0.118. The van der Waals surface area contributed by atoms with Crippen LogP contribution in [0.1, 0.15) is 29.2 Å². The summed E-state index contributed by atoms with van der Waals surface area (Å²) in [5.74, 6) is 0.305. The van der Waals surface area contributed by atoms with Crippen LogP contribution in [0.3, 0.4) is 0 Å². The summed E-state index contributed by atoms with van der Waals surface area (Å²) < 4.78 is 11.1. The molecule has 0 saturated carbocycles. The molecule has 1 heterocycles. The number of rotatable bonds is 5. The Morgan fingerprint density at radius 3 is 2.48 bits per heavy atom. The molecule has 0 saturated heterocycles. The summed E-state index contributed by atoms with van der Waals surface area (Å²) in [5, 5.41) is 3.65. The van der Waals surface area contributed by atoms with Crippen molar-refractivity contribution in [3.8, 4) is 5.75 Å². The second-order valence-corrected chi connectivity index (χ2v) is 6.68. The number of para-hydroxylation sites is 1. The Balaban J connectivity index is 1.86. The lowest BCUT2D eigenvalue weighted by Crippen LogP contribution is -2.21. The van der Waals surface area contributed by atoms with Crippen LogP contribution in [-0.2, 0) is 11.2 Å². The minimum absolute atomic E-state index is 0.130. The molecule has 140 valence electrons. The van der Waals surface area contributed by atoms with Crippen molar-refractivity contribution in [3.63, 3.8) is 0 Å². The SMILES string of the molecule is CCc1cc(=O)oc2cc(C)cc(OCC(=O)Nc3c(C)cccc3C)c12. The van der Waals surface area contributed by atoms with E-state index >= 15 is 0 Å². The van der Waals surface area contributed by atoms with E-state index in [1.807, 2.05) is 52.0 Å². The second kappa shape index (κ2) is 7.66. The van der Waals surface area contributed by atoms with Crippen LogP contribution in [0.5, 0.6) is 5.75 Å². The Kier molecular flexibility index (Phi) is 5.31. The predicted molar refractivity (Wildman–Crippen MR) is 107 cm³/mol. The van der Waals surface area contributed by atoms with Crippen LogP contribution in [0.25, 0.3) is 11.0 Å². The van der Waals surface area contributed by atoms with E-state index in [0.29, 0.717) is 17.8 Å². The number of anilines is 1. The molecule has 0 spiro atoms. The first-order valence-electron chi connectivity index (χ1n) is 8.95. The van der Waals surface area contributed by atoms with Gasteiger partial charge in [-0.3, -0.25) is 4.79 Å². The Hall–Kier alpha value is -3.08. The maximum absolute atomic E-state index is 12.4. The van der Waals surface area contributed by atoms with Crippen LogP contribution < -0.4 is 15.7 Å². The molecule has 0 atom stereocenters. The number of carbonyl (C=O) groups is 1. The summed E-state index contributed by atoms with van der Waals surface area (Å²) in [6, 6.07) is 11.0. The van der Waals surface area contributed by atoms with Gasteiger partial charge < -0.3 is 14.5 Å². The predicted octanol–water partition coefficient (Wildman–Crippen LogP) is 4.30. The highest BCUT2D eigenvalue weighted by atomic mass is 16.5. The molecular formula is C22H23NO4. The fourth-order valence-corrected chi connectivity index (χ4v) is 3.19. The van der Waals surface area contributed by atoms with Gasteiger partial charge in [-0.25, -0.2) is 4.79 Å². The Morgan fingerprint density at radius 2 is 1.81 bits per heavy atom. The minimum atomic E-state index is -0.385. The third-order valence-electron chi connectivity index (χ3n) is 4.52. The number of benzene rings is 2. The van der Waals surface area contributed by atoms with Gasteiger partial charge in [0, 0.05) is 11.8 Å². The number of hydrogen-bond donors (Lipinski definition) is 1. The van der Waals surface area contributed by atoms with Gasteiger partial charge in [0.25, 0.3) is 5.91 Å². The molecule has 0 unspecified atom stereocenters. The number of carbonyl (C=O) groups excluding carboxylic acids is 1. The molecule has 5 heteroatoms. The van der Waals surface area contributed by atoms with Crippen molar-refractivity contribution >= 4 is 22.6 Å². The number of ether oxygens (including phenoxy) is 1. The summed E-state index contributed by atoms with van der Waals surface area (Å²) in [7, 11) is 0. The smallest absolute Gasteiger partial charge is 0.336 e. The molecule has 1 N–H and O–H groups in total. The molecule has 1 amide bonds. The van der Waals surface area contributed by atoms with Gasteiger partial charge >= 0.3 is 5.63 Å². The molecule has 1 aromatic heterocycles. The van der Waals surface area contributed by atoms with Crippen LogP contribution in [-0.4, -0.2) is 12.5 Å². The first kappa shape index (κ1) is 18.7. The molecule has 3 rings (SSSR count). The van der Waals surface area contributed by atoms with Crippen molar-refractivity contribution in [1.29, 1.82) is 0 Å². The van der Waals surface area contributed by atoms with Gasteiger partial charge in [0.05, 0.1) is 5.39 Å². The Morgan fingerprint density at radius 1 is 1.11 bits per heavy atom. The second-order valence-electron chi connectivity index (χ2n) is 6.68. The zero-order valence-corrected chi connectivity index (χ0v) is 16.0. The van der Waals surface area contributed by atoms with Crippen LogP contribution in [0.15, 0.2) is 45.6 Å². The molecule has 0 aliphatic rings. The van der Waals surface area contributed by atoms with E-state index in [1.165, 1.54) is 6.07 Å². The van der Waals surface area contributed by atoms with Gasteiger partial charge in [0.2, 0.25) is 0 Å². The molecule has 0 fully saturated rings. The largest absolute Gasteiger partial charge is 0.483 e. The summed E-state index contributed by atoms with van der Waals surface area (Å²) in [6.45, 7) is 7.63. The average molecular weight is 365 g/mol. The van der Waals surface area contributed by atoms with Crippen molar-refractivity contribution in [1.82, 2.24) is 0 Å². The molecule has 0 radical (unpaired) electrons. The first-order valence-corrected chi connectivity index (χ1v) is 8.95. The highest BCUT2D eigenvalue weighted by Gasteiger charge is 2.14. The quantitative estimate of drug-likeness (QED) is 0.685. The lowest BCUT2D eigenvalue weighted by atomic mass is 10.1. The lowest BCUT2D eigenvalue weighted by Gasteiger charge is -2.14. The highest BCUT2D eigenvalue weighted by molar-refractivity contribution is 5.94. The van der Waals surface area contributed by atoms with Crippen molar-refractivity contribution in [2.75, 3.05) is 11.9 Å². The standard InChI is InChI=1S/C22H23NO4/c1-5-16-11-20(25)27-18-10-13(2)9-17(21(16)18)26-12-19(24)23-22-14(3)7-6-8-15(22)4/h6-11H,5,12H2,1-4H3,(H,23,24). The zero-order valence-electron chi connectivity index (χ0n) is 16.0. The maximum Gasteiger partial charge on any atom is 0.336 e. The van der Waals surface area contributed by atoms with E-state index in [0.717, 1.165) is 33.3 Å². The van der Waals surface area contributed by atoms with Crippen LogP contribution in [0, 0.1) is 20.8 Å². The Bertz CT molecular complexity index is 1050. The molecule has 0 bridgehead atoms. The van der Waals surface area contributed by atoms with Gasteiger partial charge in [0.15, 0.2) is 6.61 Å². The van der Waals surface area contributed by atoms with Crippen molar-refractivity contribution < 1.29 is 13.9 Å². The third-order valence-corrected chi connectivity index (χ3v) is 4.52. The van der Waals surface area contributed by atoms with E-state index in [9.17, 15) is 9.59 Å². The normalized spacial score (nSPS) is 10.8. The molecule has 2 aromatic carbocycles. The van der Waals surface area contributed by atoms with Crippen LogP contribution in [0.4, 0.5) is 5.69 Å². The fraction of sp³-hybridized carbons (Fsp3) is 0.273. The van der Waals surface area contributed by atoms with Crippen molar-refractivity contribution in [3.05, 3.63) is 69.1 Å². The summed E-state index contributed by atoms with van der Waals surface area (Å²) in [4.78, 5) is 24.2. The van der Waals surface area contributed by atoms with E-state index in [2.05, 4.69) is 5.32 Å². The average Bonchev–Trinajstić information content (AvgIpc) is 2.61. The third kappa shape index (κ3) is 4.03. The van der Waals surface area contributed by atoms with E-state index < -0.39 is 0 Å². The molecule has 27 heavy (non-hydrogen) atoms. The summed E-state index contributed by atoms with van der Waals surface area (Å²) in [5.41, 5.74) is 4.63. The van der Waals surface area contributed by atoms with Gasteiger partial charge in [0.1, 0.15) is 11.3 Å². The molecule has 5 nitrogen and oxygen atoms in total. The van der Waals surface area contributed by atoms with Crippen LogP contribution >= 0.6 is 0 Å². The number of fused-ring (bicyclic) bond motifs is 1. The number of hydrogen-bond acceptors (Lipinski definition) is 4. The van der Waals surface area contributed by atoms with Crippen molar-refractivity contribution in [2.45, 2.75) is 34.1 Å². The summed E-state index contributed by atoms with van der Waals surface area (Å²) in [6.07, 6.45) is 0.663.